The fourth-order valence-electron chi connectivity index (χ4n) is 2.69. The van der Waals surface area contributed by atoms with Crippen molar-refractivity contribution >= 4 is 11.2 Å². The summed E-state index contributed by atoms with van der Waals surface area (Å²) < 4.78 is 7.31. The van der Waals surface area contributed by atoms with Crippen LogP contribution in [0.3, 0.4) is 0 Å². The van der Waals surface area contributed by atoms with Crippen LogP contribution in [-0.2, 0) is 7.05 Å². The quantitative estimate of drug-likeness (QED) is 0.795. The minimum absolute atomic E-state index is 0.565. The van der Waals surface area contributed by atoms with Gasteiger partial charge in [0.05, 0.1) is 7.11 Å². The minimum atomic E-state index is 0.565. The molecule has 1 aliphatic carbocycles. The van der Waals surface area contributed by atoms with Gasteiger partial charge in [-0.1, -0.05) is 12.8 Å². The summed E-state index contributed by atoms with van der Waals surface area (Å²) >= 11 is 0. The zero-order chi connectivity index (χ0) is 11.8. The Kier molecular flexibility index (Phi) is 2.46. The summed E-state index contributed by atoms with van der Waals surface area (Å²) in [4.78, 5) is 13.1. The number of hydrogen-bond donors (Lipinski definition) is 0. The lowest BCUT2D eigenvalue weighted by atomic mass is 10.1. The molecule has 0 atom stereocenters. The number of ether oxygens (including phenoxy) is 1. The largest absolute Gasteiger partial charge is 0.479 e. The Labute approximate surface area is 99.9 Å². The molecule has 5 heteroatoms. The number of rotatable bonds is 2. The van der Waals surface area contributed by atoms with Crippen LogP contribution in [0.5, 0.6) is 5.88 Å². The van der Waals surface area contributed by atoms with Crippen LogP contribution in [0.4, 0.5) is 0 Å². The highest BCUT2D eigenvalue weighted by atomic mass is 16.5. The van der Waals surface area contributed by atoms with E-state index in [1.807, 2.05) is 7.05 Å². The number of aromatic nitrogens is 4. The predicted molar refractivity (Wildman–Crippen MR) is 64.1 cm³/mol. The molecule has 5 nitrogen and oxygen atoms in total. The zero-order valence-corrected chi connectivity index (χ0v) is 10.2. The van der Waals surface area contributed by atoms with E-state index in [9.17, 15) is 0 Å². The normalized spacial score (nSPS) is 16.8. The summed E-state index contributed by atoms with van der Waals surface area (Å²) in [5, 5.41) is 0. The van der Waals surface area contributed by atoms with Gasteiger partial charge in [0.1, 0.15) is 12.2 Å². The first-order chi connectivity index (χ1) is 8.31. The molecule has 0 aliphatic heterocycles. The molecular weight excluding hydrogens is 216 g/mol. The number of aryl methyl sites for hydroxylation is 1. The first-order valence-corrected chi connectivity index (χ1v) is 6.02. The van der Waals surface area contributed by atoms with Gasteiger partial charge < -0.3 is 9.30 Å². The molecule has 90 valence electrons. The van der Waals surface area contributed by atoms with E-state index in [0.29, 0.717) is 11.8 Å². The van der Waals surface area contributed by atoms with Crippen molar-refractivity contribution in [3.63, 3.8) is 0 Å². The van der Waals surface area contributed by atoms with E-state index < -0.39 is 0 Å². The van der Waals surface area contributed by atoms with Gasteiger partial charge in [0.2, 0.25) is 5.88 Å². The Morgan fingerprint density at radius 3 is 2.76 bits per heavy atom. The summed E-state index contributed by atoms with van der Waals surface area (Å²) in [6.45, 7) is 0. The van der Waals surface area contributed by atoms with Gasteiger partial charge >= 0.3 is 0 Å². The molecule has 0 saturated heterocycles. The Morgan fingerprint density at radius 2 is 2.06 bits per heavy atom. The van der Waals surface area contributed by atoms with Gasteiger partial charge in [-0.15, -0.1) is 0 Å². The third-order valence-electron chi connectivity index (χ3n) is 3.57. The van der Waals surface area contributed by atoms with Crippen molar-refractivity contribution in [3.8, 4) is 5.88 Å². The molecule has 17 heavy (non-hydrogen) atoms. The van der Waals surface area contributed by atoms with Crippen molar-refractivity contribution in [1.82, 2.24) is 19.5 Å². The average Bonchev–Trinajstić information content (AvgIpc) is 2.97. The standard InChI is InChI=1S/C12H16N4O/c1-16-10(8-5-3-4-6-8)15-9-11(16)13-7-14-12(9)17-2/h7-8H,3-6H2,1-2H3. The van der Waals surface area contributed by atoms with E-state index in [2.05, 4.69) is 19.5 Å². The number of imidazole rings is 1. The van der Waals surface area contributed by atoms with Crippen LogP contribution in [0.15, 0.2) is 6.33 Å². The van der Waals surface area contributed by atoms with Crippen molar-refractivity contribution in [2.45, 2.75) is 31.6 Å². The molecule has 2 aromatic rings. The van der Waals surface area contributed by atoms with Gasteiger partial charge in [-0.2, -0.15) is 4.98 Å². The molecular formula is C12H16N4O. The highest BCUT2D eigenvalue weighted by molar-refractivity contribution is 5.76. The number of fused-ring (bicyclic) bond motifs is 1. The Morgan fingerprint density at radius 1 is 1.29 bits per heavy atom. The fourth-order valence-corrected chi connectivity index (χ4v) is 2.69. The molecule has 0 bridgehead atoms. The SMILES string of the molecule is COc1ncnc2c1nc(C1CCCC1)n2C. The summed E-state index contributed by atoms with van der Waals surface area (Å²) in [7, 11) is 3.64. The van der Waals surface area contributed by atoms with E-state index >= 15 is 0 Å². The topological polar surface area (TPSA) is 52.8 Å². The van der Waals surface area contributed by atoms with Crippen molar-refractivity contribution in [1.29, 1.82) is 0 Å². The maximum atomic E-state index is 5.23. The number of hydrogen-bond acceptors (Lipinski definition) is 4. The highest BCUT2D eigenvalue weighted by Crippen LogP contribution is 2.35. The Bertz CT molecular complexity index is 543. The lowest BCUT2D eigenvalue weighted by Crippen LogP contribution is -2.02. The third-order valence-corrected chi connectivity index (χ3v) is 3.57. The molecule has 0 unspecified atom stereocenters. The van der Waals surface area contributed by atoms with Gasteiger partial charge in [0, 0.05) is 13.0 Å². The lowest BCUT2D eigenvalue weighted by molar-refractivity contribution is 0.401. The van der Waals surface area contributed by atoms with Crippen LogP contribution in [-0.4, -0.2) is 26.6 Å². The molecule has 0 N–H and O–H groups in total. The van der Waals surface area contributed by atoms with Gasteiger partial charge in [-0.05, 0) is 12.8 Å². The summed E-state index contributed by atoms with van der Waals surface area (Å²) in [6, 6.07) is 0. The first kappa shape index (κ1) is 10.5. The molecule has 2 aromatic heterocycles. The van der Waals surface area contributed by atoms with Crippen LogP contribution in [0.25, 0.3) is 11.2 Å². The van der Waals surface area contributed by atoms with E-state index in [4.69, 9.17) is 4.74 Å². The Hall–Kier alpha value is -1.65. The summed E-state index contributed by atoms with van der Waals surface area (Å²) in [5.74, 6) is 2.25. The van der Waals surface area contributed by atoms with Crippen molar-refractivity contribution in [2.24, 2.45) is 7.05 Å². The van der Waals surface area contributed by atoms with Crippen molar-refractivity contribution < 1.29 is 4.74 Å². The summed E-state index contributed by atoms with van der Waals surface area (Å²) in [5.41, 5.74) is 1.64. The van der Waals surface area contributed by atoms with Crippen LogP contribution in [0, 0.1) is 0 Å². The second-order valence-electron chi connectivity index (χ2n) is 4.57. The first-order valence-electron chi connectivity index (χ1n) is 6.02. The van der Waals surface area contributed by atoms with Gasteiger partial charge in [0.15, 0.2) is 11.2 Å². The number of methoxy groups -OCH3 is 1. The van der Waals surface area contributed by atoms with E-state index in [-0.39, 0.29) is 0 Å². The maximum Gasteiger partial charge on any atom is 0.245 e. The van der Waals surface area contributed by atoms with Gasteiger partial charge in [-0.3, -0.25) is 0 Å². The summed E-state index contributed by atoms with van der Waals surface area (Å²) in [6.07, 6.45) is 6.59. The van der Waals surface area contributed by atoms with Crippen LogP contribution < -0.4 is 4.74 Å². The zero-order valence-electron chi connectivity index (χ0n) is 10.2. The fraction of sp³-hybridized carbons (Fsp3) is 0.583. The van der Waals surface area contributed by atoms with Crippen LogP contribution in [0.2, 0.25) is 0 Å². The van der Waals surface area contributed by atoms with E-state index in [0.717, 1.165) is 17.0 Å². The molecule has 0 aromatic carbocycles. The second kappa shape index (κ2) is 3.98. The molecule has 0 spiro atoms. The van der Waals surface area contributed by atoms with Crippen LogP contribution in [0.1, 0.15) is 37.4 Å². The maximum absolute atomic E-state index is 5.23. The third kappa shape index (κ3) is 1.57. The minimum Gasteiger partial charge on any atom is -0.479 e. The molecule has 3 rings (SSSR count). The van der Waals surface area contributed by atoms with Crippen molar-refractivity contribution in [2.75, 3.05) is 7.11 Å². The highest BCUT2D eigenvalue weighted by Gasteiger charge is 2.24. The number of nitrogens with zero attached hydrogens (tertiary/aromatic N) is 4. The molecule has 1 fully saturated rings. The van der Waals surface area contributed by atoms with E-state index in [1.165, 1.54) is 32.0 Å². The van der Waals surface area contributed by atoms with Crippen molar-refractivity contribution in [3.05, 3.63) is 12.2 Å². The van der Waals surface area contributed by atoms with E-state index in [1.54, 1.807) is 7.11 Å². The van der Waals surface area contributed by atoms with Crippen LogP contribution >= 0.6 is 0 Å². The molecule has 0 radical (unpaired) electrons. The van der Waals surface area contributed by atoms with Gasteiger partial charge in [0.25, 0.3) is 0 Å². The molecule has 0 amide bonds. The average molecular weight is 232 g/mol. The Balaban J connectivity index is 2.16. The molecule has 1 aliphatic rings. The smallest absolute Gasteiger partial charge is 0.245 e. The second-order valence-corrected chi connectivity index (χ2v) is 4.57. The van der Waals surface area contributed by atoms with Gasteiger partial charge in [-0.25, -0.2) is 9.97 Å². The monoisotopic (exact) mass is 232 g/mol. The molecule has 2 heterocycles. The predicted octanol–water partition coefficient (Wildman–Crippen LogP) is 2.03. The lowest BCUT2D eigenvalue weighted by Gasteiger charge is -2.07. The molecule has 1 saturated carbocycles.